The lowest BCUT2D eigenvalue weighted by atomic mass is 9.92. The first-order valence-electron chi connectivity index (χ1n) is 33.8. The van der Waals surface area contributed by atoms with Crippen molar-refractivity contribution >= 4 is 5.97 Å². The molecule has 7 nitrogen and oxygen atoms in total. The summed E-state index contributed by atoms with van der Waals surface area (Å²) in [5.41, 5.74) is -0.497. The van der Waals surface area contributed by atoms with Crippen LogP contribution in [0.5, 0.6) is 0 Å². The molecule has 0 amide bonds. The second-order valence-corrected chi connectivity index (χ2v) is 24.1. The van der Waals surface area contributed by atoms with E-state index < -0.39 is 5.41 Å². The van der Waals surface area contributed by atoms with Gasteiger partial charge in [0.25, 0.3) is 0 Å². The van der Waals surface area contributed by atoms with Crippen LogP contribution in [-0.2, 0) is 23.7 Å². The molecule has 7 heteroatoms. The Labute approximate surface area is 464 Å². The number of ether oxygens (including phenoxy) is 4. The summed E-state index contributed by atoms with van der Waals surface area (Å²) in [7, 11) is 2.18. The zero-order chi connectivity index (χ0) is 53.2. The van der Waals surface area contributed by atoms with Gasteiger partial charge in [-0.2, -0.15) is 0 Å². The van der Waals surface area contributed by atoms with E-state index in [-0.39, 0.29) is 5.97 Å². The van der Waals surface area contributed by atoms with Gasteiger partial charge in [0.1, 0.15) is 6.61 Å². The van der Waals surface area contributed by atoms with Gasteiger partial charge in [-0.3, -0.25) is 4.79 Å². The Hall–Kier alpha value is -0.730. The standard InChI is InChI=1S/C67H134N2O5/c1-5-8-11-14-17-20-23-26-29-32-35-38-41-44-47-50-59-71-62-67(65-74-66(70)53-54-69-57-55-68(4)56-58-69,63-72-60-51-48-45-42-39-36-33-30-27-24-21-18-15-12-9-6-2)64-73-61-52-49-46-43-40-37-34-31-28-25-22-19-16-13-10-7-3/h5-65H2,1-4H3. The maximum absolute atomic E-state index is 13.3. The van der Waals surface area contributed by atoms with Crippen LogP contribution in [0.2, 0.25) is 0 Å². The van der Waals surface area contributed by atoms with E-state index in [0.717, 1.165) is 71.8 Å². The van der Waals surface area contributed by atoms with E-state index >= 15 is 0 Å². The van der Waals surface area contributed by atoms with Crippen LogP contribution in [0.4, 0.5) is 0 Å². The first-order valence-corrected chi connectivity index (χ1v) is 33.8. The highest BCUT2D eigenvalue weighted by Crippen LogP contribution is 2.24. The molecule has 1 aliphatic heterocycles. The molecule has 0 unspecified atom stereocenters. The molecule has 0 aliphatic carbocycles. The van der Waals surface area contributed by atoms with Crippen molar-refractivity contribution in [2.75, 3.05) is 86.0 Å². The fourth-order valence-corrected chi connectivity index (χ4v) is 11.0. The summed E-state index contributed by atoms with van der Waals surface area (Å²) >= 11 is 0. The van der Waals surface area contributed by atoms with Gasteiger partial charge < -0.3 is 28.7 Å². The molecule has 0 aromatic rings. The van der Waals surface area contributed by atoms with Gasteiger partial charge in [-0.1, -0.05) is 310 Å². The zero-order valence-electron chi connectivity index (χ0n) is 51.1. The maximum Gasteiger partial charge on any atom is 0.307 e. The molecule has 0 aromatic carbocycles. The molecule has 0 atom stereocenters. The topological polar surface area (TPSA) is 60.5 Å². The molecule has 1 rings (SSSR count). The smallest absolute Gasteiger partial charge is 0.307 e. The third-order valence-electron chi connectivity index (χ3n) is 16.4. The highest BCUT2D eigenvalue weighted by Gasteiger charge is 2.34. The van der Waals surface area contributed by atoms with Crippen LogP contribution in [0, 0.1) is 5.41 Å². The zero-order valence-corrected chi connectivity index (χ0v) is 51.1. The minimum absolute atomic E-state index is 0.110. The summed E-state index contributed by atoms with van der Waals surface area (Å²) in [6.45, 7) is 15.9. The van der Waals surface area contributed by atoms with Crippen molar-refractivity contribution in [3.63, 3.8) is 0 Å². The molecule has 0 radical (unpaired) electrons. The van der Waals surface area contributed by atoms with Crippen LogP contribution in [0.1, 0.15) is 335 Å². The molecule has 74 heavy (non-hydrogen) atoms. The number of esters is 1. The van der Waals surface area contributed by atoms with Crippen LogP contribution in [0.3, 0.4) is 0 Å². The Kier molecular flexibility index (Phi) is 56.3. The Morgan fingerprint density at radius 3 is 0.797 bits per heavy atom. The Bertz CT molecular complexity index is 986. The third-order valence-corrected chi connectivity index (χ3v) is 16.4. The molecule has 0 aromatic heterocycles. The van der Waals surface area contributed by atoms with Crippen LogP contribution >= 0.6 is 0 Å². The van der Waals surface area contributed by atoms with Crippen LogP contribution < -0.4 is 0 Å². The minimum atomic E-state index is -0.497. The van der Waals surface area contributed by atoms with E-state index in [1.165, 1.54) is 289 Å². The molecule has 0 N–H and O–H groups in total. The number of hydrogen-bond acceptors (Lipinski definition) is 7. The second-order valence-electron chi connectivity index (χ2n) is 24.1. The molecule has 1 heterocycles. The first kappa shape index (κ1) is 71.3. The van der Waals surface area contributed by atoms with Crippen molar-refractivity contribution in [2.24, 2.45) is 5.41 Å². The largest absolute Gasteiger partial charge is 0.465 e. The Balaban J connectivity index is 2.57. The van der Waals surface area contributed by atoms with Gasteiger partial charge in [0, 0.05) is 52.5 Å². The van der Waals surface area contributed by atoms with E-state index in [0.29, 0.717) is 32.8 Å². The van der Waals surface area contributed by atoms with Gasteiger partial charge in [-0.15, -0.1) is 0 Å². The van der Waals surface area contributed by atoms with Crippen molar-refractivity contribution in [1.82, 2.24) is 9.80 Å². The third kappa shape index (κ3) is 50.8. The predicted molar refractivity (Wildman–Crippen MR) is 323 cm³/mol. The fraction of sp³-hybridized carbons (Fsp3) is 0.985. The number of piperazine rings is 1. The quantitative estimate of drug-likeness (QED) is 0.0444. The average Bonchev–Trinajstić information content (AvgIpc) is 3.41. The highest BCUT2D eigenvalue weighted by atomic mass is 16.5. The highest BCUT2D eigenvalue weighted by molar-refractivity contribution is 5.69. The van der Waals surface area contributed by atoms with Gasteiger partial charge in [0.15, 0.2) is 0 Å². The van der Waals surface area contributed by atoms with Gasteiger partial charge in [-0.05, 0) is 26.3 Å². The van der Waals surface area contributed by atoms with Crippen LogP contribution in [0.25, 0.3) is 0 Å². The van der Waals surface area contributed by atoms with Crippen molar-refractivity contribution in [3.8, 4) is 0 Å². The molecule has 1 saturated heterocycles. The molecule has 0 spiro atoms. The molecular formula is C67H134N2O5. The molecule has 442 valence electrons. The maximum atomic E-state index is 13.3. The molecular weight excluding hydrogens is 913 g/mol. The van der Waals surface area contributed by atoms with E-state index in [9.17, 15) is 4.79 Å². The number of likely N-dealkylation sites (N-methyl/N-ethyl adjacent to an activating group) is 1. The molecule has 0 bridgehead atoms. The van der Waals surface area contributed by atoms with E-state index in [4.69, 9.17) is 18.9 Å². The van der Waals surface area contributed by atoms with Crippen molar-refractivity contribution < 1.29 is 23.7 Å². The lowest BCUT2D eigenvalue weighted by Crippen LogP contribution is -2.45. The second kappa shape index (κ2) is 58.4. The number of carbonyl (C=O) groups excluding carboxylic acids is 1. The van der Waals surface area contributed by atoms with E-state index in [1.807, 2.05) is 0 Å². The minimum Gasteiger partial charge on any atom is -0.465 e. The fourth-order valence-electron chi connectivity index (χ4n) is 11.0. The SMILES string of the molecule is CCCCCCCCCCCCCCCCCCOCC(COCCCCCCCCCCCCCCCCCC)(COCCCCCCCCCCCCCCCCCC)COC(=O)CCN1CCN(C)CC1. The van der Waals surface area contributed by atoms with E-state index in [2.05, 4.69) is 37.6 Å². The summed E-state index contributed by atoms with van der Waals surface area (Å²) in [4.78, 5) is 18.1. The number of carbonyl (C=O) groups is 1. The molecule has 1 aliphatic rings. The van der Waals surface area contributed by atoms with Gasteiger partial charge in [0.2, 0.25) is 0 Å². The summed E-state index contributed by atoms with van der Waals surface area (Å²) in [6, 6.07) is 0. The lowest BCUT2D eigenvalue weighted by molar-refractivity contribution is -0.156. The summed E-state index contributed by atoms with van der Waals surface area (Å²) in [6.07, 6.45) is 66.1. The number of hydrogen-bond donors (Lipinski definition) is 0. The normalized spacial score (nSPS) is 13.7. The van der Waals surface area contributed by atoms with Crippen LogP contribution in [0.15, 0.2) is 0 Å². The van der Waals surface area contributed by atoms with Gasteiger partial charge in [-0.25, -0.2) is 0 Å². The Morgan fingerprint density at radius 2 is 0.554 bits per heavy atom. The summed E-state index contributed by atoms with van der Waals surface area (Å²) in [5, 5.41) is 0. The summed E-state index contributed by atoms with van der Waals surface area (Å²) < 4.78 is 25.7. The van der Waals surface area contributed by atoms with Crippen molar-refractivity contribution in [2.45, 2.75) is 335 Å². The van der Waals surface area contributed by atoms with Crippen LogP contribution in [-0.4, -0.2) is 102 Å². The molecule has 1 fully saturated rings. The monoisotopic (exact) mass is 1050 g/mol. The predicted octanol–water partition coefficient (Wildman–Crippen LogP) is 20.0. The number of nitrogens with zero attached hydrogens (tertiary/aromatic N) is 2. The average molecular weight is 1050 g/mol. The molecule has 0 saturated carbocycles. The van der Waals surface area contributed by atoms with Crippen molar-refractivity contribution in [3.05, 3.63) is 0 Å². The van der Waals surface area contributed by atoms with Gasteiger partial charge >= 0.3 is 5.97 Å². The van der Waals surface area contributed by atoms with Crippen molar-refractivity contribution in [1.29, 1.82) is 0 Å². The van der Waals surface area contributed by atoms with Gasteiger partial charge in [0.05, 0.1) is 31.7 Å². The first-order chi connectivity index (χ1) is 36.5. The number of rotatable bonds is 62. The lowest BCUT2D eigenvalue weighted by Gasteiger charge is -2.33. The Morgan fingerprint density at radius 1 is 0.324 bits per heavy atom. The summed E-state index contributed by atoms with van der Waals surface area (Å²) in [5.74, 6) is -0.110. The van der Waals surface area contributed by atoms with E-state index in [1.54, 1.807) is 0 Å². The number of unbranched alkanes of at least 4 members (excludes halogenated alkanes) is 45.